The first kappa shape index (κ1) is 99.1. The fourth-order valence-electron chi connectivity index (χ4n) is 12.7. The average Bonchev–Trinajstić information content (AvgIpc) is 0.956. The maximum Gasteiger partial charge on any atom is 0.472 e. The van der Waals surface area contributed by atoms with Crippen LogP contribution in [0.4, 0.5) is 0 Å². The molecule has 0 aliphatic carbocycles. The molecule has 0 fully saturated rings. The number of hydrogen-bond acceptors (Lipinski definition) is 15. The zero-order valence-electron chi connectivity index (χ0n) is 66.2. The van der Waals surface area contributed by atoms with Gasteiger partial charge in [0.25, 0.3) is 0 Å². The van der Waals surface area contributed by atoms with E-state index in [2.05, 4.69) is 41.5 Å². The molecule has 600 valence electrons. The first-order valence-corrected chi connectivity index (χ1v) is 45.5. The number of aliphatic hydroxyl groups is 1. The highest BCUT2D eigenvalue weighted by atomic mass is 31.2. The lowest BCUT2D eigenvalue weighted by molar-refractivity contribution is -0.161. The minimum Gasteiger partial charge on any atom is -0.462 e. The molecule has 0 aliphatic heterocycles. The standard InChI is InChI=1S/C82H160O17P2/c1-7-9-11-13-15-17-19-20-21-22-23-24-25-28-32-35-42-48-54-60-66-81(86)98-78(71-93-80(85)65-59-53-47-41-34-31-29-26-27-30-33-38-44-50-56-62-74(3)4)73-97-101(90,91)95-69-76(83)68-94-100(88,89)96-72-77(70-92-79(84)64-58-52-46-40-18-16-14-12-10-8-2)99-82(87)67-61-55-49-43-37-36-39-45-51-57-63-75(5)6/h74-78,83H,7-73H2,1-6H3,(H,88,89)(H,90,91)/t76-,77+,78+/m0/s1. The van der Waals surface area contributed by atoms with Crippen LogP contribution in [-0.4, -0.2) is 96.7 Å². The molecule has 0 aromatic rings. The van der Waals surface area contributed by atoms with E-state index < -0.39 is 97.5 Å². The normalized spacial score (nSPS) is 13.9. The molecule has 0 heterocycles. The molecule has 2 unspecified atom stereocenters. The molecule has 0 radical (unpaired) electrons. The van der Waals surface area contributed by atoms with Gasteiger partial charge >= 0.3 is 39.5 Å². The van der Waals surface area contributed by atoms with Gasteiger partial charge < -0.3 is 33.8 Å². The molecular formula is C82H160O17P2. The van der Waals surface area contributed by atoms with Gasteiger partial charge in [0, 0.05) is 25.7 Å². The predicted molar refractivity (Wildman–Crippen MR) is 414 cm³/mol. The lowest BCUT2D eigenvalue weighted by Gasteiger charge is -2.21. The van der Waals surface area contributed by atoms with Crippen LogP contribution in [0.15, 0.2) is 0 Å². The predicted octanol–water partition coefficient (Wildman–Crippen LogP) is 24.7. The molecule has 0 bridgehead atoms. The van der Waals surface area contributed by atoms with Gasteiger partial charge in [-0.15, -0.1) is 0 Å². The van der Waals surface area contributed by atoms with Gasteiger partial charge in [-0.2, -0.15) is 0 Å². The third-order valence-corrected chi connectivity index (χ3v) is 21.1. The second kappa shape index (κ2) is 73.6. The fourth-order valence-corrected chi connectivity index (χ4v) is 14.3. The zero-order chi connectivity index (χ0) is 74.2. The first-order valence-electron chi connectivity index (χ1n) is 42.5. The van der Waals surface area contributed by atoms with Crippen LogP contribution >= 0.6 is 15.6 Å². The summed E-state index contributed by atoms with van der Waals surface area (Å²) in [6, 6.07) is 0. The van der Waals surface area contributed by atoms with E-state index in [0.717, 1.165) is 102 Å². The van der Waals surface area contributed by atoms with Crippen LogP contribution in [0, 0.1) is 11.8 Å². The Labute approximate surface area is 619 Å². The van der Waals surface area contributed by atoms with Crippen LogP contribution in [-0.2, 0) is 65.4 Å². The Balaban J connectivity index is 5.22. The number of esters is 4. The Morgan fingerprint density at radius 3 is 0.673 bits per heavy atom. The lowest BCUT2D eigenvalue weighted by Crippen LogP contribution is -2.30. The summed E-state index contributed by atoms with van der Waals surface area (Å²) in [5.41, 5.74) is 0. The molecule has 0 aromatic heterocycles. The molecule has 19 heteroatoms. The van der Waals surface area contributed by atoms with Crippen molar-refractivity contribution in [2.45, 2.75) is 452 Å². The highest BCUT2D eigenvalue weighted by Gasteiger charge is 2.30. The van der Waals surface area contributed by atoms with E-state index in [9.17, 15) is 43.2 Å². The van der Waals surface area contributed by atoms with Crippen molar-refractivity contribution < 1.29 is 80.2 Å². The van der Waals surface area contributed by atoms with Crippen LogP contribution in [0.25, 0.3) is 0 Å². The van der Waals surface area contributed by atoms with Crippen molar-refractivity contribution in [2.24, 2.45) is 11.8 Å². The Morgan fingerprint density at radius 2 is 0.455 bits per heavy atom. The van der Waals surface area contributed by atoms with Crippen LogP contribution in [0.1, 0.15) is 433 Å². The molecule has 0 saturated carbocycles. The molecule has 0 amide bonds. The summed E-state index contributed by atoms with van der Waals surface area (Å²) >= 11 is 0. The zero-order valence-corrected chi connectivity index (χ0v) is 68.0. The Bertz CT molecular complexity index is 1940. The average molecular weight is 1480 g/mol. The number of unbranched alkanes of at least 4 members (excludes halogenated alkanes) is 51. The number of carbonyl (C=O) groups is 4. The van der Waals surface area contributed by atoms with E-state index >= 15 is 0 Å². The number of hydrogen-bond donors (Lipinski definition) is 3. The van der Waals surface area contributed by atoms with Gasteiger partial charge in [-0.3, -0.25) is 37.3 Å². The van der Waals surface area contributed by atoms with Crippen LogP contribution < -0.4 is 0 Å². The molecule has 0 spiro atoms. The molecule has 0 aliphatic rings. The van der Waals surface area contributed by atoms with E-state index in [1.165, 1.54) is 250 Å². The number of ether oxygens (including phenoxy) is 4. The van der Waals surface area contributed by atoms with E-state index in [0.29, 0.717) is 25.7 Å². The lowest BCUT2D eigenvalue weighted by atomic mass is 10.0. The SMILES string of the molecule is CCCCCCCCCCCCCCCCCCCCCCC(=O)O[C@H](COC(=O)CCCCCCCCCCCCCCCCCC(C)C)COP(=O)(O)OC[C@@H](O)COP(=O)(O)OC[C@@H](COC(=O)CCCCCCCCCCCC)OC(=O)CCCCCCCCCCCCC(C)C. The van der Waals surface area contributed by atoms with Crippen molar-refractivity contribution in [1.29, 1.82) is 0 Å². The third kappa shape index (κ3) is 76.1. The quantitative estimate of drug-likeness (QED) is 0.0222. The van der Waals surface area contributed by atoms with Crippen LogP contribution in [0.3, 0.4) is 0 Å². The topological polar surface area (TPSA) is 237 Å². The number of carbonyl (C=O) groups excluding carboxylic acids is 4. The number of aliphatic hydroxyl groups excluding tert-OH is 1. The molecule has 0 rings (SSSR count). The summed E-state index contributed by atoms with van der Waals surface area (Å²) in [7, 11) is -9.92. The van der Waals surface area contributed by atoms with E-state index in [1.807, 2.05) is 0 Å². The van der Waals surface area contributed by atoms with Gasteiger partial charge in [0.15, 0.2) is 12.2 Å². The van der Waals surface area contributed by atoms with Crippen molar-refractivity contribution >= 4 is 39.5 Å². The van der Waals surface area contributed by atoms with Crippen LogP contribution in [0.2, 0.25) is 0 Å². The minimum absolute atomic E-state index is 0.106. The van der Waals surface area contributed by atoms with Crippen molar-refractivity contribution in [2.75, 3.05) is 39.6 Å². The summed E-state index contributed by atoms with van der Waals surface area (Å²) in [5.74, 6) is -0.549. The van der Waals surface area contributed by atoms with E-state index in [4.69, 9.17) is 37.0 Å². The highest BCUT2D eigenvalue weighted by Crippen LogP contribution is 2.45. The molecular weight excluding hydrogens is 1320 g/mol. The smallest absolute Gasteiger partial charge is 0.462 e. The van der Waals surface area contributed by atoms with Gasteiger partial charge in [-0.25, -0.2) is 9.13 Å². The fraction of sp³-hybridized carbons (Fsp3) is 0.951. The summed E-state index contributed by atoms with van der Waals surface area (Å²) in [6.45, 7) is 9.65. The Hall–Kier alpha value is -1.94. The summed E-state index contributed by atoms with van der Waals surface area (Å²) in [5, 5.41) is 10.6. The maximum absolute atomic E-state index is 13.1. The third-order valence-electron chi connectivity index (χ3n) is 19.2. The summed E-state index contributed by atoms with van der Waals surface area (Å²) in [4.78, 5) is 73.0. The second-order valence-electron chi connectivity index (χ2n) is 30.5. The van der Waals surface area contributed by atoms with Gasteiger partial charge in [-0.05, 0) is 37.5 Å². The number of rotatable bonds is 81. The summed E-state index contributed by atoms with van der Waals surface area (Å²) < 4.78 is 68.7. The van der Waals surface area contributed by atoms with Crippen molar-refractivity contribution in [3.8, 4) is 0 Å². The van der Waals surface area contributed by atoms with Gasteiger partial charge in [0.05, 0.1) is 26.4 Å². The largest absolute Gasteiger partial charge is 0.472 e. The van der Waals surface area contributed by atoms with E-state index in [-0.39, 0.29) is 25.7 Å². The number of phosphoric acid groups is 2. The Morgan fingerprint density at radius 1 is 0.267 bits per heavy atom. The van der Waals surface area contributed by atoms with Crippen LogP contribution in [0.5, 0.6) is 0 Å². The van der Waals surface area contributed by atoms with E-state index in [1.54, 1.807) is 0 Å². The van der Waals surface area contributed by atoms with Crippen molar-refractivity contribution in [3.63, 3.8) is 0 Å². The highest BCUT2D eigenvalue weighted by molar-refractivity contribution is 7.47. The monoisotopic (exact) mass is 1480 g/mol. The molecule has 5 atom stereocenters. The minimum atomic E-state index is -4.96. The van der Waals surface area contributed by atoms with Crippen molar-refractivity contribution in [1.82, 2.24) is 0 Å². The molecule has 101 heavy (non-hydrogen) atoms. The maximum atomic E-state index is 13.1. The number of phosphoric ester groups is 2. The van der Waals surface area contributed by atoms with Gasteiger partial charge in [-0.1, -0.05) is 382 Å². The second-order valence-corrected chi connectivity index (χ2v) is 33.4. The Kier molecular flexibility index (Phi) is 72.2. The molecule has 17 nitrogen and oxygen atoms in total. The summed E-state index contributed by atoms with van der Waals surface area (Å²) in [6.07, 6.45) is 63.9. The molecule has 3 N–H and O–H groups in total. The van der Waals surface area contributed by atoms with Crippen molar-refractivity contribution in [3.05, 3.63) is 0 Å². The molecule has 0 saturated heterocycles. The first-order chi connectivity index (χ1) is 48.9. The van der Waals surface area contributed by atoms with Gasteiger partial charge in [0.2, 0.25) is 0 Å². The molecule has 0 aromatic carbocycles. The van der Waals surface area contributed by atoms with Gasteiger partial charge in [0.1, 0.15) is 19.3 Å².